The zero-order valence-electron chi connectivity index (χ0n) is 12.1. The van der Waals surface area contributed by atoms with Gasteiger partial charge >= 0.3 is 5.76 Å². The van der Waals surface area contributed by atoms with E-state index >= 15 is 0 Å². The van der Waals surface area contributed by atoms with Crippen molar-refractivity contribution in [2.75, 3.05) is 11.9 Å². The van der Waals surface area contributed by atoms with Crippen LogP contribution in [0.4, 0.5) is 14.5 Å². The minimum absolute atomic E-state index is 0.0460. The molecule has 130 valence electrons. The van der Waals surface area contributed by atoms with Gasteiger partial charge < -0.3 is 10.4 Å². The molecule has 0 aliphatic rings. The lowest BCUT2D eigenvalue weighted by molar-refractivity contribution is 0.192. The number of alkyl halides is 2. The average Bonchev–Trinajstić information content (AvgIpc) is 2.53. The van der Waals surface area contributed by atoms with E-state index in [1.807, 2.05) is 0 Å². The molecule has 0 spiro atoms. The predicted octanol–water partition coefficient (Wildman–Crippen LogP) is 4.14. The molecule has 0 aromatic heterocycles. The van der Waals surface area contributed by atoms with Gasteiger partial charge in [0.15, 0.2) is 0 Å². The predicted molar refractivity (Wildman–Crippen MR) is 89.5 cm³/mol. The molecule has 0 aliphatic heterocycles. The van der Waals surface area contributed by atoms with Crippen molar-refractivity contribution in [1.29, 1.82) is 0 Å². The van der Waals surface area contributed by atoms with Gasteiger partial charge in [0.05, 0.1) is 11.0 Å². The van der Waals surface area contributed by atoms with E-state index in [0.717, 1.165) is 12.1 Å². The lowest BCUT2D eigenvalue weighted by atomic mass is 10.1. The summed E-state index contributed by atoms with van der Waals surface area (Å²) in [5, 5.41) is 13.7. The summed E-state index contributed by atoms with van der Waals surface area (Å²) in [5.74, 6) is -3.47. The largest absolute Gasteiger partial charge is 0.386 e. The number of hydrogen-bond acceptors (Lipinski definition) is 4. The third-order valence-corrected chi connectivity index (χ3v) is 5.31. The third kappa shape index (κ3) is 4.16. The van der Waals surface area contributed by atoms with Crippen LogP contribution in [-0.2, 0) is 9.84 Å². The maximum Gasteiger partial charge on any atom is 0.341 e. The number of rotatable bonds is 6. The zero-order valence-corrected chi connectivity index (χ0v) is 14.4. The molecule has 0 aliphatic carbocycles. The van der Waals surface area contributed by atoms with E-state index in [9.17, 15) is 22.3 Å². The Balaban J connectivity index is 2.08. The molecule has 2 rings (SSSR count). The van der Waals surface area contributed by atoms with Crippen LogP contribution in [0.25, 0.3) is 0 Å². The van der Waals surface area contributed by atoms with Crippen LogP contribution in [0.3, 0.4) is 0 Å². The number of sulfone groups is 1. The Labute approximate surface area is 147 Å². The van der Waals surface area contributed by atoms with Crippen molar-refractivity contribution in [3.05, 3.63) is 58.1 Å². The first-order valence-electron chi connectivity index (χ1n) is 6.71. The molecular weight excluding hydrogens is 383 g/mol. The molecule has 0 radical (unpaired) electrons. The number of anilines is 1. The second kappa shape index (κ2) is 7.65. The van der Waals surface area contributed by atoms with Gasteiger partial charge in [-0.25, -0.2) is 8.42 Å². The fourth-order valence-corrected chi connectivity index (χ4v) is 3.38. The van der Waals surface area contributed by atoms with Crippen LogP contribution < -0.4 is 5.32 Å². The number of aliphatic hydroxyl groups excluding tert-OH is 1. The highest BCUT2D eigenvalue weighted by Crippen LogP contribution is 2.30. The standard InChI is InChI=1S/C15H13Cl2F2NO3S/c16-11-2-1-3-12(17)14(11)13(21)8-20-9-4-6-10(7-5-9)24(22,23)15(18)19/h1-7,13,15,20-21H,8H2. The van der Waals surface area contributed by atoms with Gasteiger partial charge in [0.2, 0.25) is 9.84 Å². The Kier molecular flexibility index (Phi) is 6.03. The molecule has 1 unspecified atom stereocenters. The Morgan fingerprint density at radius 2 is 1.58 bits per heavy atom. The van der Waals surface area contributed by atoms with E-state index in [2.05, 4.69) is 5.32 Å². The van der Waals surface area contributed by atoms with Crippen molar-refractivity contribution in [2.24, 2.45) is 0 Å². The van der Waals surface area contributed by atoms with Crippen LogP contribution in [-0.4, -0.2) is 25.8 Å². The molecule has 0 saturated heterocycles. The average molecular weight is 396 g/mol. The molecule has 2 N–H and O–H groups in total. The van der Waals surface area contributed by atoms with Crippen molar-refractivity contribution in [2.45, 2.75) is 16.8 Å². The first-order valence-corrected chi connectivity index (χ1v) is 9.01. The highest BCUT2D eigenvalue weighted by molar-refractivity contribution is 7.91. The van der Waals surface area contributed by atoms with Gasteiger partial charge in [-0.3, -0.25) is 0 Å². The van der Waals surface area contributed by atoms with Crippen LogP contribution in [0.5, 0.6) is 0 Å². The van der Waals surface area contributed by atoms with E-state index in [1.54, 1.807) is 18.2 Å². The summed E-state index contributed by atoms with van der Waals surface area (Å²) in [4.78, 5) is -0.474. The highest BCUT2D eigenvalue weighted by Gasteiger charge is 2.26. The molecule has 0 heterocycles. The van der Waals surface area contributed by atoms with Crippen molar-refractivity contribution < 1.29 is 22.3 Å². The van der Waals surface area contributed by atoms with E-state index in [0.29, 0.717) is 21.3 Å². The Morgan fingerprint density at radius 3 is 2.08 bits per heavy atom. The number of nitrogens with one attached hydrogen (secondary N) is 1. The summed E-state index contributed by atoms with van der Waals surface area (Å²) in [6, 6.07) is 9.63. The van der Waals surface area contributed by atoms with Gasteiger partial charge in [-0.05, 0) is 36.4 Å². The summed E-state index contributed by atoms with van der Waals surface area (Å²) in [6.45, 7) is 0.0460. The minimum Gasteiger partial charge on any atom is -0.386 e. The smallest absolute Gasteiger partial charge is 0.341 e. The van der Waals surface area contributed by atoms with E-state index in [-0.39, 0.29) is 6.54 Å². The molecule has 24 heavy (non-hydrogen) atoms. The topological polar surface area (TPSA) is 66.4 Å². The maximum absolute atomic E-state index is 12.5. The summed E-state index contributed by atoms with van der Waals surface area (Å²) >= 11 is 12.0. The van der Waals surface area contributed by atoms with Crippen LogP contribution in [0, 0.1) is 0 Å². The van der Waals surface area contributed by atoms with Gasteiger partial charge in [0.25, 0.3) is 0 Å². The second-order valence-electron chi connectivity index (χ2n) is 4.86. The monoisotopic (exact) mass is 395 g/mol. The lowest BCUT2D eigenvalue weighted by Crippen LogP contribution is -2.14. The summed E-state index contributed by atoms with van der Waals surface area (Å²) in [6.07, 6.45) is -1.00. The van der Waals surface area contributed by atoms with Gasteiger partial charge in [-0.2, -0.15) is 8.78 Å². The van der Waals surface area contributed by atoms with Crippen LogP contribution in [0.1, 0.15) is 11.7 Å². The van der Waals surface area contributed by atoms with Crippen molar-refractivity contribution >= 4 is 38.7 Å². The fourth-order valence-electron chi connectivity index (χ4n) is 2.01. The molecule has 0 amide bonds. The fraction of sp³-hybridized carbons (Fsp3) is 0.200. The van der Waals surface area contributed by atoms with Crippen LogP contribution >= 0.6 is 23.2 Å². The quantitative estimate of drug-likeness (QED) is 0.771. The summed E-state index contributed by atoms with van der Waals surface area (Å²) in [7, 11) is -4.62. The molecule has 1 atom stereocenters. The Hall–Kier alpha value is -1.41. The van der Waals surface area contributed by atoms with Crippen LogP contribution in [0.2, 0.25) is 10.0 Å². The van der Waals surface area contributed by atoms with E-state index in [1.165, 1.54) is 12.1 Å². The Morgan fingerprint density at radius 1 is 1.04 bits per heavy atom. The molecule has 0 fully saturated rings. The van der Waals surface area contributed by atoms with Gasteiger partial charge in [0, 0.05) is 27.8 Å². The number of benzene rings is 2. The number of aliphatic hydroxyl groups is 1. The maximum atomic E-state index is 12.5. The molecular formula is C15H13Cl2F2NO3S. The molecule has 4 nitrogen and oxygen atoms in total. The van der Waals surface area contributed by atoms with Crippen molar-refractivity contribution in [1.82, 2.24) is 0 Å². The molecule has 0 saturated carbocycles. The third-order valence-electron chi connectivity index (χ3n) is 3.25. The van der Waals surface area contributed by atoms with E-state index < -0.39 is 26.6 Å². The van der Waals surface area contributed by atoms with Gasteiger partial charge in [0.1, 0.15) is 0 Å². The Bertz CT molecular complexity index is 794. The normalized spacial score (nSPS) is 13.1. The molecule has 2 aromatic rings. The summed E-state index contributed by atoms with van der Waals surface area (Å²) < 4.78 is 47.6. The summed E-state index contributed by atoms with van der Waals surface area (Å²) in [5.41, 5.74) is 0.815. The van der Waals surface area contributed by atoms with Crippen LogP contribution in [0.15, 0.2) is 47.4 Å². The molecule has 0 bridgehead atoms. The van der Waals surface area contributed by atoms with Crippen molar-refractivity contribution in [3.63, 3.8) is 0 Å². The lowest BCUT2D eigenvalue weighted by Gasteiger charge is -2.16. The SMILES string of the molecule is O=S(=O)(c1ccc(NCC(O)c2c(Cl)cccc2Cl)cc1)C(F)F. The highest BCUT2D eigenvalue weighted by atomic mass is 35.5. The minimum atomic E-state index is -4.62. The second-order valence-corrected chi connectivity index (χ2v) is 7.59. The van der Waals surface area contributed by atoms with E-state index in [4.69, 9.17) is 23.2 Å². The molecule has 2 aromatic carbocycles. The van der Waals surface area contributed by atoms with Gasteiger partial charge in [-0.1, -0.05) is 29.3 Å². The van der Waals surface area contributed by atoms with Crippen molar-refractivity contribution in [3.8, 4) is 0 Å². The number of hydrogen-bond donors (Lipinski definition) is 2. The zero-order chi connectivity index (χ0) is 17.9. The first-order chi connectivity index (χ1) is 11.2. The first kappa shape index (κ1) is 18.9. The van der Waals surface area contributed by atoms with Gasteiger partial charge in [-0.15, -0.1) is 0 Å². The number of halogens is 4. The molecule has 9 heteroatoms.